The second-order valence-electron chi connectivity index (χ2n) is 4.45. The van der Waals surface area contributed by atoms with Crippen LogP contribution in [-0.4, -0.2) is 20.4 Å². The highest BCUT2D eigenvalue weighted by Gasteiger charge is 2.25. The number of rotatable bonds is 2. The van der Waals surface area contributed by atoms with E-state index in [9.17, 15) is 13.7 Å². The molecule has 0 saturated heterocycles. The van der Waals surface area contributed by atoms with Gasteiger partial charge in [0.25, 0.3) is 0 Å². The summed E-state index contributed by atoms with van der Waals surface area (Å²) in [5, 5.41) is 9.28. The number of likely N-dealkylation sites (N-methyl/N-ethyl adjacent to an activating group) is 1. The van der Waals surface area contributed by atoms with Crippen LogP contribution in [0.4, 0.5) is 0 Å². The van der Waals surface area contributed by atoms with E-state index in [0.29, 0.717) is 5.70 Å². The molecule has 1 aromatic rings. The van der Waals surface area contributed by atoms with Gasteiger partial charge in [-0.05, 0) is 31.2 Å². The second-order valence-corrected chi connectivity index (χ2v) is 6.34. The van der Waals surface area contributed by atoms with Gasteiger partial charge in [-0.25, -0.2) is 8.42 Å². The third-order valence-corrected chi connectivity index (χ3v) is 4.72. The molecule has 0 aliphatic carbocycles. The van der Waals surface area contributed by atoms with Crippen LogP contribution in [0.3, 0.4) is 0 Å². The second kappa shape index (κ2) is 5.35. The molecular formula is C15H14N2O2S. The molecule has 1 aliphatic heterocycles. The monoisotopic (exact) mass is 286 g/mol. The van der Waals surface area contributed by atoms with Gasteiger partial charge in [-0.2, -0.15) is 5.26 Å². The molecule has 1 aliphatic rings. The molecule has 0 amide bonds. The van der Waals surface area contributed by atoms with E-state index in [1.807, 2.05) is 13.0 Å². The van der Waals surface area contributed by atoms with Crippen molar-refractivity contribution in [3.05, 3.63) is 64.9 Å². The standard InChI is InChI=1S/C15H14N2O2S/c1-12-6-8-13(9-7-12)20(18,19)15(11-16)14-5-3-4-10-17(14)2/h3-10H,1-2H3/b15-14+. The van der Waals surface area contributed by atoms with Gasteiger partial charge in [-0.15, -0.1) is 0 Å². The zero-order valence-corrected chi connectivity index (χ0v) is 12.1. The highest BCUT2D eigenvalue weighted by molar-refractivity contribution is 7.95. The van der Waals surface area contributed by atoms with Crippen LogP contribution in [-0.2, 0) is 9.84 Å². The van der Waals surface area contributed by atoms with E-state index in [2.05, 4.69) is 0 Å². The quantitative estimate of drug-likeness (QED) is 0.784. The van der Waals surface area contributed by atoms with Crippen LogP contribution in [0, 0.1) is 18.3 Å². The van der Waals surface area contributed by atoms with E-state index in [0.717, 1.165) is 5.56 Å². The van der Waals surface area contributed by atoms with Crippen molar-refractivity contribution in [2.45, 2.75) is 11.8 Å². The van der Waals surface area contributed by atoms with Crippen molar-refractivity contribution in [1.82, 2.24) is 4.90 Å². The summed E-state index contributed by atoms with van der Waals surface area (Å²) in [6.45, 7) is 1.88. The summed E-state index contributed by atoms with van der Waals surface area (Å²) < 4.78 is 25.1. The van der Waals surface area contributed by atoms with E-state index in [1.54, 1.807) is 48.5 Å². The lowest BCUT2D eigenvalue weighted by atomic mass is 10.2. The predicted molar refractivity (Wildman–Crippen MR) is 77.0 cm³/mol. The zero-order valence-electron chi connectivity index (χ0n) is 11.2. The van der Waals surface area contributed by atoms with Crippen molar-refractivity contribution in [3.63, 3.8) is 0 Å². The molecule has 102 valence electrons. The summed E-state index contributed by atoms with van der Waals surface area (Å²) in [4.78, 5) is 1.50. The normalized spacial score (nSPS) is 16.9. The first-order valence-electron chi connectivity index (χ1n) is 6.00. The van der Waals surface area contributed by atoms with Crippen molar-refractivity contribution in [3.8, 4) is 6.07 Å². The molecule has 20 heavy (non-hydrogen) atoms. The Balaban J connectivity index is 2.60. The smallest absolute Gasteiger partial charge is 0.218 e. The van der Waals surface area contributed by atoms with Crippen molar-refractivity contribution < 1.29 is 8.42 Å². The predicted octanol–water partition coefficient (Wildman–Crippen LogP) is 2.52. The summed E-state index contributed by atoms with van der Waals surface area (Å²) in [5.74, 6) is 0. The molecule has 0 N–H and O–H groups in total. The fourth-order valence-corrected chi connectivity index (χ4v) is 3.19. The molecular weight excluding hydrogens is 272 g/mol. The van der Waals surface area contributed by atoms with Gasteiger partial charge in [-0.3, -0.25) is 0 Å². The first-order valence-corrected chi connectivity index (χ1v) is 7.49. The number of aryl methyl sites for hydroxylation is 1. The SMILES string of the molecule is Cc1ccc(S(=O)(=O)/C(C#N)=C2\C=CC=CN2C)cc1. The summed E-state index contributed by atoms with van der Waals surface area (Å²) >= 11 is 0. The van der Waals surface area contributed by atoms with Crippen LogP contribution >= 0.6 is 0 Å². The Kier molecular flexibility index (Phi) is 3.77. The molecule has 0 fully saturated rings. The van der Waals surface area contributed by atoms with E-state index >= 15 is 0 Å². The molecule has 0 radical (unpaired) electrons. The maximum Gasteiger partial charge on any atom is 0.218 e. The number of hydrogen-bond donors (Lipinski definition) is 0. The molecule has 0 unspecified atom stereocenters. The Labute approximate surface area is 118 Å². The first-order chi connectivity index (χ1) is 9.46. The highest BCUT2D eigenvalue weighted by Crippen LogP contribution is 2.25. The summed E-state index contributed by atoms with van der Waals surface area (Å²) in [5.41, 5.74) is 1.34. The minimum absolute atomic E-state index is 0.128. The lowest BCUT2D eigenvalue weighted by Gasteiger charge is -2.19. The molecule has 1 heterocycles. The van der Waals surface area contributed by atoms with Crippen molar-refractivity contribution in [2.24, 2.45) is 0 Å². The van der Waals surface area contributed by atoms with Gasteiger partial charge < -0.3 is 4.90 Å². The average Bonchev–Trinajstić information content (AvgIpc) is 2.42. The Bertz CT molecular complexity index is 748. The van der Waals surface area contributed by atoms with Gasteiger partial charge >= 0.3 is 0 Å². The van der Waals surface area contributed by atoms with Crippen molar-refractivity contribution >= 4 is 9.84 Å². The number of allylic oxidation sites excluding steroid dienone is 4. The Morgan fingerprint density at radius 1 is 1.20 bits per heavy atom. The fourth-order valence-electron chi connectivity index (χ4n) is 1.85. The Morgan fingerprint density at radius 3 is 2.40 bits per heavy atom. The minimum Gasteiger partial charge on any atom is -0.349 e. The first kappa shape index (κ1) is 14.1. The van der Waals surface area contributed by atoms with Gasteiger partial charge in [0.05, 0.1) is 10.6 Å². The van der Waals surface area contributed by atoms with Crippen molar-refractivity contribution in [1.29, 1.82) is 5.26 Å². The molecule has 0 saturated carbocycles. The molecule has 0 bridgehead atoms. The molecule has 0 atom stereocenters. The van der Waals surface area contributed by atoms with Gasteiger partial charge in [-0.1, -0.05) is 23.8 Å². The molecule has 1 aromatic carbocycles. The van der Waals surface area contributed by atoms with Crippen LogP contribution in [0.1, 0.15) is 5.56 Å². The largest absolute Gasteiger partial charge is 0.349 e. The minimum atomic E-state index is -3.81. The van der Waals surface area contributed by atoms with Gasteiger partial charge in [0.15, 0.2) is 4.91 Å². The number of hydrogen-bond acceptors (Lipinski definition) is 4. The van der Waals surface area contributed by atoms with Gasteiger partial charge in [0.1, 0.15) is 6.07 Å². The number of benzene rings is 1. The van der Waals surface area contributed by atoms with Crippen LogP contribution in [0.2, 0.25) is 0 Å². The average molecular weight is 286 g/mol. The van der Waals surface area contributed by atoms with Crippen LogP contribution in [0.5, 0.6) is 0 Å². The summed E-state index contributed by atoms with van der Waals surface area (Å²) in [6, 6.07) is 8.29. The van der Waals surface area contributed by atoms with E-state index in [4.69, 9.17) is 0 Å². The van der Waals surface area contributed by atoms with Gasteiger partial charge in [0.2, 0.25) is 9.84 Å². The maximum absolute atomic E-state index is 12.6. The summed E-state index contributed by atoms with van der Waals surface area (Å²) in [6.07, 6.45) is 6.80. The topological polar surface area (TPSA) is 61.2 Å². The Morgan fingerprint density at radius 2 is 1.85 bits per heavy atom. The molecule has 0 spiro atoms. The lowest BCUT2D eigenvalue weighted by Crippen LogP contribution is -2.17. The van der Waals surface area contributed by atoms with E-state index < -0.39 is 9.84 Å². The number of nitriles is 1. The number of sulfone groups is 1. The number of nitrogens with zero attached hydrogens (tertiary/aromatic N) is 2. The van der Waals surface area contributed by atoms with E-state index in [-0.39, 0.29) is 9.80 Å². The molecule has 0 aromatic heterocycles. The molecule has 2 rings (SSSR count). The maximum atomic E-state index is 12.6. The summed E-state index contributed by atoms with van der Waals surface area (Å²) in [7, 11) is -2.10. The van der Waals surface area contributed by atoms with Gasteiger partial charge in [0, 0.05) is 13.2 Å². The molecule has 4 nitrogen and oxygen atoms in total. The zero-order chi connectivity index (χ0) is 14.8. The Hall–Kier alpha value is -2.32. The third kappa shape index (κ3) is 2.51. The molecule has 5 heteroatoms. The van der Waals surface area contributed by atoms with Crippen LogP contribution < -0.4 is 0 Å². The lowest BCUT2D eigenvalue weighted by molar-refractivity contribution is 0.574. The van der Waals surface area contributed by atoms with E-state index in [1.165, 1.54) is 12.1 Å². The fraction of sp³-hybridized carbons (Fsp3) is 0.133. The third-order valence-electron chi connectivity index (χ3n) is 2.99. The van der Waals surface area contributed by atoms with Crippen LogP contribution in [0.15, 0.2) is 64.2 Å². The van der Waals surface area contributed by atoms with Crippen LogP contribution in [0.25, 0.3) is 0 Å². The highest BCUT2D eigenvalue weighted by atomic mass is 32.2. The van der Waals surface area contributed by atoms with Crippen molar-refractivity contribution in [2.75, 3.05) is 7.05 Å².